The average Bonchev–Trinajstić information content (AvgIpc) is 3.17. The molecule has 2 amide bonds. The van der Waals surface area contributed by atoms with Crippen LogP contribution in [0.5, 0.6) is 0 Å². The minimum absolute atomic E-state index is 0.0543. The fraction of sp³-hybridized carbons (Fsp3) is 0.304. The van der Waals surface area contributed by atoms with Crippen molar-refractivity contribution in [2.45, 2.75) is 25.7 Å². The van der Waals surface area contributed by atoms with E-state index in [2.05, 4.69) is 16.4 Å². The Morgan fingerprint density at radius 2 is 1.93 bits per heavy atom. The molecule has 1 aliphatic rings. The molecule has 1 atom stereocenters. The maximum atomic E-state index is 13.8. The van der Waals surface area contributed by atoms with Crippen LogP contribution in [0.1, 0.15) is 24.8 Å². The molecule has 150 valence electrons. The van der Waals surface area contributed by atoms with Gasteiger partial charge in [0.15, 0.2) is 0 Å². The van der Waals surface area contributed by atoms with Crippen molar-refractivity contribution in [3.8, 4) is 0 Å². The van der Waals surface area contributed by atoms with Gasteiger partial charge in [0.1, 0.15) is 5.82 Å². The molecule has 1 aliphatic heterocycles. The summed E-state index contributed by atoms with van der Waals surface area (Å²) in [7, 11) is 0. The number of amides is 2. The quantitative estimate of drug-likeness (QED) is 0.685. The minimum atomic E-state index is -0.455. The Bertz CT molecular complexity index is 1030. The van der Waals surface area contributed by atoms with Crippen molar-refractivity contribution in [1.82, 2.24) is 9.88 Å². The second-order valence-corrected chi connectivity index (χ2v) is 7.51. The molecule has 5 nitrogen and oxygen atoms in total. The van der Waals surface area contributed by atoms with E-state index >= 15 is 0 Å². The van der Waals surface area contributed by atoms with Crippen molar-refractivity contribution >= 4 is 28.4 Å². The number of benzene rings is 2. The summed E-state index contributed by atoms with van der Waals surface area (Å²) < 4.78 is 13.8. The highest BCUT2D eigenvalue weighted by molar-refractivity contribution is 5.93. The molecule has 1 saturated heterocycles. The van der Waals surface area contributed by atoms with Crippen LogP contribution in [0.4, 0.5) is 10.1 Å². The Balaban J connectivity index is 1.34. The predicted octanol–water partition coefficient (Wildman–Crippen LogP) is 4.12. The van der Waals surface area contributed by atoms with Crippen molar-refractivity contribution in [2.75, 3.05) is 18.4 Å². The number of piperidine rings is 1. The summed E-state index contributed by atoms with van der Waals surface area (Å²) in [5.41, 5.74) is 2.37. The second kappa shape index (κ2) is 8.47. The monoisotopic (exact) mass is 393 g/mol. The average molecular weight is 393 g/mol. The molecular weight excluding hydrogens is 369 g/mol. The number of aryl methyl sites for hydroxylation is 1. The maximum absolute atomic E-state index is 13.8. The standard InChI is InChI=1S/C23H24FN3O2/c24-19-8-2-4-10-21(19)26-23(29)17-6-5-13-27(15-17)22(28)12-11-16-14-25-20-9-3-1-7-18(16)20/h1-4,7-10,14,17,25H,5-6,11-13,15H2,(H,26,29)/t17-/m1/s1. The van der Waals surface area contributed by atoms with E-state index in [-0.39, 0.29) is 23.4 Å². The number of rotatable bonds is 5. The van der Waals surface area contributed by atoms with Gasteiger partial charge >= 0.3 is 0 Å². The van der Waals surface area contributed by atoms with Crippen LogP contribution >= 0.6 is 0 Å². The van der Waals surface area contributed by atoms with Gasteiger partial charge in [-0.2, -0.15) is 0 Å². The van der Waals surface area contributed by atoms with Crippen LogP contribution < -0.4 is 5.32 Å². The van der Waals surface area contributed by atoms with E-state index in [0.717, 1.165) is 22.9 Å². The Morgan fingerprint density at radius 1 is 1.14 bits per heavy atom. The summed E-state index contributed by atoms with van der Waals surface area (Å²) in [4.78, 5) is 30.3. The van der Waals surface area contributed by atoms with Gasteiger partial charge in [-0.15, -0.1) is 0 Å². The molecule has 0 unspecified atom stereocenters. The van der Waals surface area contributed by atoms with Gasteiger partial charge in [-0.1, -0.05) is 30.3 Å². The highest BCUT2D eigenvalue weighted by Crippen LogP contribution is 2.22. The van der Waals surface area contributed by atoms with E-state index in [1.807, 2.05) is 24.4 Å². The molecule has 0 bridgehead atoms. The normalized spacial score (nSPS) is 16.7. The van der Waals surface area contributed by atoms with Gasteiger partial charge in [0.25, 0.3) is 0 Å². The Kier molecular flexibility index (Phi) is 5.60. The highest BCUT2D eigenvalue weighted by Gasteiger charge is 2.28. The molecule has 1 fully saturated rings. The topological polar surface area (TPSA) is 65.2 Å². The molecule has 0 radical (unpaired) electrons. The lowest BCUT2D eigenvalue weighted by Gasteiger charge is -2.32. The fourth-order valence-corrected chi connectivity index (χ4v) is 3.95. The summed E-state index contributed by atoms with van der Waals surface area (Å²) >= 11 is 0. The maximum Gasteiger partial charge on any atom is 0.229 e. The molecule has 29 heavy (non-hydrogen) atoms. The number of H-pyrrole nitrogens is 1. The van der Waals surface area contributed by atoms with Crippen molar-refractivity contribution < 1.29 is 14.0 Å². The van der Waals surface area contributed by atoms with Crippen LogP contribution in [0.25, 0.3) is 10.9 Å². The Labute approximate surface area is 168 Å². The number of nitrogens with one attached hydrogen (secondary N) is 2. The first-order valence-corrected chi connectivity index (χ1v) is 10.00. The first-order valence-electron chi connectivity index (χ1n) is 10.00. The Morgan fingerprint density at radius 3 is 2.79 bits per heavy atom. The number of aromatic nitrogens is 1. The van der Waals surface area contributed by atoms with E-state index in [9.17, 15) is 14.0 Å². The predicted molar refractivity (Wildman–Crippen MR) is 111 cm³/mol. The van der Waals surface area contributed by atoms with Gasteiger partial charge in [-0.05, 0) is 43.0 Å². The lowest BCUT2D eigenvalue weighted by Crippen LogP contribution is -2.43. The first kappa shape index (κ1) is 19.2. The largest absolute Gasteiger partial charge is 0.361 e. The molecule has 6 heteroatoms. The van der Waals surface area contributed by atoms with E-state index in [1.54, 1.807) is 23.1 Å². The zero-order chi connectivity index (χ0) is 20.2. The van der Waals surface area contributed by atoms with Gasteiger partial charge in [-0.25, -0.2) is 4.39 Å². The van der Waals surface area contributed by atoms with Crippen molar-refractivity contribution in [3.05, 3.63) is 66.1 Å². The lowest BCUT2D eigenvalue weighted by molar-refractivity contribution is -0.134. The van der Waals surface area contributed by atoms with Gasteiger partial charge < -0.3 is 15.2 Å². The number of para-hydroxylation sites is 2. The lowest BCUT2D eigenvalue weighted by atomic mass is 9.96. The van der Waals surface area contributed by atoms with Gasteiger partial charge in [0.05, 0.1) is 11.6 Å². The van der Waals surface area contributed by atoms with Gasteiger partial charge in [0.2, 0.25) is 11.8 Å². The number of carbonyl (C=O) groups excluding carboxylic acids is 2. The number of halogens is 1. The van der Waals surface area contributed by atoms with E-state index in [0.29, 0.717) is 32.4 Å². The molecule has 1 aromatic heterocycles. The molecule has 2 N–H and O–H groups in total. The summed E-state index contributed by atoms with van der Waals surface area (Å²) in [5, 5.41) is 3.80. The number of anilines is 1. The summed E-state index contributed by atoms with van der Waals surface area (Å²) in [6, 6.07) is 14.2. The van der Waals surface area contributed by atoms with Crippen LogP contribution in [-0.2, 0) is 16.0 Å². The molecular formula is C23H24FN3O2. The van der Waals surface area contributed by atoms with Gasteiger partial charge in [-0.3, -0.25) is 9.59 Å². The minimum Gasteiger partial charge on any atom is -0.361 e. The SMILES string of the molecule is O=C(Nc1ccccc1F)[C@@H]1CCCN(C(=O)CCc2c[nH]c3ccccc23)C1. The molecule has 3 aromatic rings. The van der Waals surface area contributed by atoms with E-state index in [4.69, 9.17) is 0 Å². The number of likely N-dealkylation sites (tertiary alicyclic amines) is 1. The van der Waals surface area contributed by atoms with Gasteiger partial charge in [0, 0.05) is 36.6 Å². The van der Waals surface area contributed by atoms with Crippen LogP contribution in [0.3, 0.4) is 0 Å². The third-order valence-electron chi connectivity index (χ3n) is 5.56. The molecule has 2 aromatic carbocycles. The smallest absolute Gasteiger partial charge is 0.229 e. The number of aromatic amines is 1. The number of nitrogens with zero attached hydrogens (tertiary/aromatic N) is 1. The summed E-state index contributed by atoms with van der Waals surface area (Å²) in [6.45, 7) is 1.04. The van der Waals surface area contributed by atoms with Crippen molar-refractivity contribution in [2.24, 2.45) is 5.92 Å². The zero-order valence-electron chi connectivity index (χ0n) is 16.2. The number of carbonyl (C=O) groups is 2. The second-order valence-electron chi connectivity index (χ2n) is 7.51. The molecule has 0 saturated carbocycles. The van der Waals surface area contributed by atoms with Crippen molar-refractivity contribution in [3.63, 3.8) is 0 Å². The molecule has 4 rings (SSSR count). The number of hydrogen-bond donors (Lipinski definition) is 2. The third kappa shape index (κ3) is 4.31. The number of hydrogen-bond acceptors (Lipinski definition) is 2. The van der Waals surface area contributed by atoms with Crippen LogP contribution in [-0.4, -0.2) is 34.8 Å². The molecule has 2 heterocycles. The van der Waals surface area contributed by atoms with E-state index < -0.39 is 5.82 Å². The summed E-state index contributed by atoms with van der Waals surface area (Å²) in [6.07, 6.45) is 4.49. The molecule has 0 spiro atoms. The summed E-state index contributed by atoms with van der Waals surface area (Å²) in [5.74, 6) is -0.952. The Hall–Kier alpha value is -3.15. The van der Waals surface area contributed by atoms with Crippen molar-refractivity contribution in [1.29, 1.82) is 0 Å². The highest BCUT2D eigenvalue weighted by atomic mass is 19.1. The van der Waals surface area contributed by atoms with Crippen LogP contribution in [0.15, 0.2) is 54.7 Å². The zero-order valence-corrected chi connectivity index (χ0v) is 16.2. The molecule has 0 aliphatic carbocycles. The number of fused-ring (bicyclic) bond motifs is 1. The van der Waals surface area contributed by atoms with E-state index in [1.165, 1.54) is 6.07 Å². The first-order chi connectivity index (χ1) is 14.1. The van der Waals surface area contributed by atoms with Crippen LogP contribution in [0.2, 0.25) is 0 Å². The van der Waals surface area contributed by atoms with Crippen LogP contribution in [0, 0.1) is 11.7 Å². The fourth-order valence-electron chi connectivity index (χ4n) is 3.95. The third-order valence-corrected chi connectivity index (χ3v) is 5.56.